The zero-order valence-electron chi connectivity index (χ0n) is 14.1. The molecule has 3 rings (SSSR count). The molecule has 2 aromatic heterocycles. The maximum Gasteiger partial charge on any atom is 0.271 e. The van der Waals surface area contributed by atoms with Crippen LogP contribution < -0.4 is 11.1 Å². The lowest BCUT2D eigenvalue weighted by Gasteiger charge is -2.39. The van der Waals surface area contributed by atoms with Crippen LogP contribution in [0.3, 0.4) is 0 Å². The summed E-state index contributed by atoms with van der Waals surface area (Å²) in [6.45, 7) is 6.42. The Balaban J connectivity index is 2.40. The van der Waals surface area contributed by atoms with Crippen molar-refractivity contribution in [2.45, 2.75) is 38.5 Å². The van der Waals surface area contributed by atoms with E-state index in [1.165, 1.54) is 0 Å². The number of hydrogen-bond donors (Lipinski definition) is 2. The third-order valence-electron chi connectivity index (χ3n) is 4.85. The summed E-state index contributed by atoms with van der Waals surface area (Å²) in [5.74, 6) is 0.236. The number of aryl methyl sites for hydroxylation is 1. The first kappa shape index (κ1) is 15.5. The van der Waals surface area contributed by atoms with Gasteiger partial charge in [-0.15, -0.1) is 0 Å². The Kier molecular flexibility index (Phi) is 3.39. The van der Waals surface area contributed by atoms with E-state index in [0.717, 1.165) is 28.9 Å². The zero-order chi connectivity index (χ0) is 16.9. The van der Waals surface area contributed by atoms with E-state index in [2.05, 4.69) is 41.2 Å². The molecule has 2 heterocycles. The van der Waals surface area contributed by atoms with Crippen molar-refractivity contribution >= 4 is 11.9 Å². The number of carbonyl (C=O) groups excluding carboxylic acids is 1. The molecule has 0 aliphatic heterocycles. The molecular formula is C16H22N6O. The Labute approximate surface area is 135 Å². The number of amides is 1. The largest absolute Gasteiger partial charge is 0.368 e. The van der Waals surface area contributed by atoms with E-state index >= 15 is 0 Å². The molecule has 1 amide bonds. The monoisotopic (exact) mass is 314 g/mol. The van der Waals surface area contributed by atoms with Crippen LogP contribution in [0.5, 0.6) is 0 Å². The van der Waals surface area contributed by atoms with Gasteiger partial charge in [0.1, 0.15) is 0 Å². The molecule has 1 unspecified atom stereocenters. The predicted molar refractivity (Wildman–Crippen MR) is 88.1 cm³/mol. The number of anilines is 1. The van der Waals surface area contributed by atoms with Gasteiger partial charge in [0.2, 0.25) is 5.95 Å². The van der Waals surface area contributed by atoms with Gasteiger partial charge in [0.25, 0.3) is 5.91 Å². The number of fused-ring (bicyclic) bond motifs is 3. The molecule has 1 aliphatic rings. The number of nitrogens with two attached hydrogens (primary N) is 1. The van der Waals surface area contributed by atoms with Crippen molar-refractivity contribution in [1.29, 1.82) is 0 Å². The summed E-state index contributed by atoms with van der Waals surface area (Å²) in [5, 5.41) is 7.14. The second-order valence-corrected chi connectivity index (χ2v) is 6.49. The Morgan fingerprint density at radius 3 is 2.78 bits per heavy atom. The summed E-state index contributed by atoms with van der Waals surface area (Å²) < 4.78 is 1.72. The van der Waals surface area contributed by atoms with Crippen LogP contribution in [0.25, 0.3) is 11.4 Å². The first-order chi connectivity index (χ1) is 10.8. The molecule has 7 heteroatoms. The van der Waals surface area contributed by atoms with Gasteiger partial charge in [-0.25, -0.2) is 9.97 Å². The number of aromatic nitrogens is 4. The lowest BCUT2D eigenvalue weighted by molar-refractivity contribution is 0.0954. The minimum absolute atomic E-state index is 0.185. The third-order valence-corrected chi connectivity index (χ3v) is 4.85. The highest BCUT2D eigenvalue weighted by Crippen LogP contribution is 2.51. The third kappa shape index (κ3) is 2.03. The van der Waals surface area contributed by atoms with Gasteiger partial charge in [-0.3, -0.25) is 9.48 Å². The van der Waals surface area contributed by atoms with Crippen LogP contribution >= 0.6 is 0 Å². The second-order valence-electron chi connectivity index (χ2n) is 6.49. The van der Waals surface area contributed by atoms with Gasteiger partial charge in [-0.2, -0.15) is 5.10 Å². The standard InChI is InChI=1S/C16H22N6O/c1-6-9-8-7-19-15(17)20-11(8)13-10(16(9,2)3)12(14(23)18-4)21-22(13)5/h7,9H,6H2,1-5H3,(H,18,23)(H2,17,19,20). The first-order valence-corrected chi connectivity index (χ1v) is 7.75. The van der Waals surface area contributed by atoms with Crippen LogP contribution in [0.1, 0.15) is 54.7 Å². The van der Waals surface area contributed by atoms with E-state index in [1.807, 2.05) is 13.2 Å². The molecule has 0 fully saturated rings. The van der Waals surface area contributed by atoms with Crippen molar-refractivity contribution in [3.05, 3.63) is 23.0 Å². The van der Waals surface area contributed by atoms with Crippen molar-refractivity contribution in [3.63, 3.8) is 0 Å². The molecule has 23 heavy (non-hydrogen) atoms. The SMILES string of the molecule is CCC1c2cnc(N)nc2-c2c(c(C(=O)NC)nn2C)C1(C)C. The molecule has 2 aromatic rings. The maximum absolute atomic E-state index is 12.3. The van der Waals surface area contributed by atoms with Gasteiger partial charge < -0.3 is 11.1 Å². The molecule has 0 saturated carbocycles. The molecule has 1 atom stereocenters. The second kappa shape index (κ2) is 5.04. The topological polar surface area (TPSA) is 98.7 Å². The fourth-order valence-electron chi connectivity index (χ4n) is 3.83. The summed E-state index contributed by atoms with van der Waals surface area (Å²) >= 11 is 0. The summed E-state index contributed by atoms with van der Waals surface area (Å²) in [7, 11) is 3.44. The van der Waals surface area contributed by atoms with E-state index < -0.39 is 0 Å². The maximum atomic E-state index is 12.3. The molecule has 0 saturated heterocycles. The number of nitrogens with zero attached hydrogens (tertiary/aromatic N) is 4. The van der Waals surface area contributed by atoms with Crippen LogP contribution in [0.2, 0.25) is 0 Å². The van der Waals surface area contributed by atoms with Gasteiger partial charge in [-0.05, 0) is 12.3 Å². The van der Waals surface area contributed by atoms with Crippen LogP contribution in [-0.2, 0) is 12.5 Å². The van der Waals surface area contributed by atoms with E-state index in [0.29, 0.717) is 5.69 Å². The number of carbonyl (C=O) groups is 1. The average Bonchev–Trinajstić information content (AvgIpc) is 2.86. The van der Waals surface area contributed by atoms with Gasteiger partial charge in [0.05, 0.1) is 11.4 Å². The summed E-state index contributed by atoms with van der Waals surface area (Å²) in [6, 6.07) is 0. The molecule has 0 radical (unpaired) electrons. The van der Waals surface area contributed by atoms with Crippen LogP contribution in [0.4, 0.5) is 5.95 Å². The summed E-state index contributed by atoms with van der Waals surface area (Å²) in [6.07, 6.45) is 2.72. The molecule has 122 valence electrons. The Morgan fingerprint density at radius 1 is 1.48 bits per heavy atom. The summed E-state index contributed by atoms with van der Waals surface area (Å²) in [5.41, 5.74) is 9.62. The van der Waals surface area contributed by atoms with Crippen molar-refractivity contribution in [1.82, 2.24) is 25.1 Å². The van der Waals surface area contributed by atoms with Gasteiger partial charge >= 0.3 is 0 Å². The van der Waals surface area contributed by atoms with Crippen molar-refractivity contribution < 1.29 is 4.79 Å². The van der Waals surface area contributed by atoms with E-state index in [4.69, 9.17) is 5.73 Å². The highest BCUT2D eigenvalue weighted by molar-refractivity contribution is 5.96. The predicted octanol–water partition coefficient (Wildman–Crippen LogP) is 1.60. The number of nitrogens with one attached hydrogen (secondary N) is 1. The Morgan fingerprint density at radius 2 is 2.17 bits per heavy atom. The molecule has 0 spiro atoms. The van der Waals surface area contributed by atoms with Gasteiger partial charge in [0.15, 0.2) is 5.69 Å². The lowest BCUT2D eigenvalue weighted by Crippen LogP contribution is -2.34. The normalized spacial score (nSPS) is 18.2. The fourth-order valence-corrected chi connectivity index (χ4v) is 3.83. The van der Waals surface area contributed by atoms with Crippen LogP contribution in [0.15, 0.2) is 6.20 Å². The quantitative estimate of drug-likeness (QED) is 0.877. The number of rotatable bonds is 2. The number of hydrogen-bond acceptors (Lipinski definition) is 5. The lowest BCUT2D eigenvalue weighted by atomic mass is 9.64. The Bertz CT molecular complexity index is 792. The zero-order valence-corrected chi connectivity index (χ0v) is 14.1. The van der Waals surface area contributed by atoms with E-state index in [9.17, 15) is 4.79 Å². The van der Waals surface area contributed by atoms with Crippen molar-refractivity contribution in [2.24, 2.45) is 7.05 Å². The molecule has 1 aliphatic carbocycles. The molecule has 0 aromatic carbocycles. The van der Waals surface area contributed by atoms with E-state index in [1.54, 1.807) is 11.7 Å². The molecule has 7 nitrogen and oxygen atoms in total. The molecular weight excluding hydrogens is 292 g/mol. The van der Waals surface area contributed by atoms with Crippen molar-refractivity contribution in [3.8, 4) is 11.4 Å². The smallest absolute Gasteiger partial charge is 0.271 e. The number of nitrogen functional groups attached to an aromatic ring is 1. The summed E-state index contributed by atoms with van der Waals surface area (Å²) in [4.78, 5) is 20.9. The minimum atomic E-state index is -0.257. The van der Waals surface area contributed by atoms with Crippen LogP contribution in [-0.4, -0.2) is 32.7 Å². The minimum Gasteiger partial charge on any atom is -0.368 e. The fraction of sp³-hybridized carbons (Fsp3) is 0.500. The molecule has 0 bridgehead atoms. The molecule has 3 N–H and O–H groups in total. The van der Waals surface area contributed by atoms with Crippen molar-refractivity contribution in [2.75, 3.05) is 12.8 Å². The van der Waals surface area contributed by atoms with Gasteiger partial charge in [0, 0.05) is 36.8 Å². The first-order valence-electron chi connectivity index (χ1n) is 7.75. The van der Waals surface area contributed by atoms with Crippen LogP contribution in [0, 0.1) is 0 Å². The Hall–Kier alpha value is -2.44. The van der Waals surface area contributed by atoms with E-state index in [-0.39, 0.29) is 23.2 Å². The average molecular weight is 314 g/mol. The highest BCUT2D eigenvalue weighted by Gasteiger charge is 2.45. The highest BCUT2D eigenvalue weighted by atomic mass is 16.1. The van der Waals surface area contributed by atoms with Gasteiger partial charge in [-0.1, -0.05) is 20.8 Å².